The van der Waals surface area contributed by atoms with Gasteiger partial charge in [-0.05, 0) is 41.9 Å². The van der Waals surface area contributed by atoms with Crippen LogP contribution in [0.1, 0.15) is 23.1 Å². The average molecular weight is 336 g/mol. The number of hydrogen-bond acceptors (Lipinski definition) is 5. The first-order valence-electron chi connectivity index (χ1n) is 6.14. The van der Waals surface area contributed by atoms with E-state index in [1.54, 1.807) is 13.8 Å². The summed E-state index contributed by atoms with van der Waals surface area (Å²) in [6, 6.07) is 7.59. The fourth-order valence-electron chi connectivity index (χ4n) is 1.61. The van der Waals surface area contributed by atoms with Crippen LogP contribution in [0.25, 0.3) is 0 Å². The van der Waals surface area contributed by atoms with Crippen LogP contribution in [0.15, 0.2) is 34.9 Å². The van der Waals surface area contributed by atoms with E-state index in [1.807, 2.05) is 24.3 Å². The molecule has 1 heterocycles. The first kappa shape index (κ1) is 14.5. The molecule has 6 heteroatoms. The lowest BCUT2D eigenvalue weighted by molar-refractivity contribution is 0.0526. The normalized spacial score (nSPS) is 10.2. The van der Waals surface area contributed by atoms with Crippen molar-refractivity contribution in [2.24, 2.45) is 0 Å². The van der Waals surface area contributed by atoms with Crippen LogP contribution in [0.3, 0.4) is 0 Å². The van der Waals surface area contributed by atoms with Gasteiger partial charge in [0.2, 0.25) is 0 Å². The smallest absolute Gasteiger partial charge is 0.343 e. The van der Waals surface area contributed by atoms with Crippen LogP contribution >= 0.6 is 15.9 Å². The first-order chi connectivity index (χ1) is 9.61. The molecule has 2 rings (SSSR count). The van der Waals surface area contributed by atoms with Crippen LogP contribution in [0.2, 0.25) is 0 Å². The van der Waals surface area contributed by atoms with E-state index in [-0.39, 0.29) is 0 Å². The lowest BCUT2D eigenvalue weighted by Crippen LogP contribution is -2.11. The maximum absolute atomic E-state index is 11.9. The quantitative estimate of drug-likeness (QED) is 0.866. The van der Waals surface area contributed by atoms with Gasteiger partial charge in [-0.3, -0.25) is 0 Å². The number of nitrogens with one attached hydrogen (secondary N) is 1. The van der Waals surface area contributed by atoms with Gasteiger partial charge in [-0.1, -0.05) is 12.1 Å². The number of aryl methyl sites for hydroxylation is 1. The van der Waals surface area contributed by atoms with Gasteiger partial charge in [0.25, 0.3) is 0 Å². The highest BCUT2D eigenvalue weighted by Crippen LogP contribution is 2.26. The zero-order valence-electron chi connectivity index (χ0n) is 11.2. The summed E-state index contributed by atoms with van der Waals surface area (Å²) in [5.74, 6) is 0.567. The number of carbonyl (C=O) groups excluding carboxylic acids is 1. The number of aromatic nitrogens is 2. The maximum Gasteiger partial charge on any atom is 0.343 e. The Morgan fingerprint density at radius 2 is 2.15 bits per heavy atom. The molecule has 0 aliphatic heterocycles. The summed E-state index contributed by atoms with van der Waals surface area (Å²) in [4.78, 5) is 20.2. The van der Waals surface area contributed by atoms with Crippen molar-refractivity contribution in [2.75, 3.05) is 11.9 Å². The van der Waals surface area contributed by atoms with Crippen molar-refractivity contribution >= 4 is 33.4 Å². The number of carbonyl (C=O) groups is 1. The highest BCUT2D eigenvalue weighted by molar-refractivity contribution is 9.10. The Labute approximate surface area is 125 Å². The molecule has 0 radical (unpaired) electrons. The number of benzene rings is 1. The molecule has 0 aliphatic carbocycles. The molecule has 5 nitrogen and oxygen atoms in total. The molecule has 1 N–H and O–H groups in total. The Kier molecular flexibility index (Phi) is 4.68. The summed E-state index contributed by atoms with van der Waals surface area (Å²) in [6.07, 6.45) is 1.47. The number of halogens is 1. The fourth-order valence-corrected chi connectivity index (χ4v) is 2.00. The number of nitrogens with zero attached hydrogens (tertiary/aromatic N) is 2. The molecular formula is C14H14BrN3O2. The second-order valence-electron chi connectivity index (χ2n) is 4.00. The molecule has 0 atom stereocenters. The monoisotopic (exact) mass is 335 g/mol. The number of hydrogen-bond donors (Lipinski definition) is 1. The van der Waals surface area contributed by atoms with Crippen LogP contribution in [0.5, 0.6) is 0 Å². The van der Waals surface area contributed by atoms with Crippen LogP contribution in [-0.2, 0) is 4.74 Å². The third-order valence-corrected chi connectivity index (χ3v) is 3.22. The molecular weight excluding hydrogens is 322 g/mol. The van der Waals surface area contributed by atoms with Gasteiger partial charge in [0.05, 0.1) is 12.3 Å². The Bertz CT molecular complexity index is 632. The predicted octanol–water partition coefficient (Wildman–Crippen LogP) is 3.47. The van der Waals surface area contributed by atoms with E-state index in [0.29, 0.717) is 23.8 Å². The molecule has 1 aromatic carbocycles. The molecule has 0 aliphatic rings. The van der Waals surface area contributed by atoms with Crippen molar-refractivity contribution in [3.05, 3.63) is 46.3 Å². The minimum Gasteiger partial charge on any atom is -0.462 e. The standard InChI is InChI=1S/C14H14BrN3O2/c1-3-20-14(19)10-8-16-9(2)17-13(10)18-12-7-5-4-6-11(12)15/h4-8H,3H2,1-2H3,(H,16,17,18). The third kappa shape index (κ3) is 3.33. The van der Waals surface area contributed by atoms with E-state index in [1.165, 1.54) is 6.20 Å². The lowest BCUT2D eigenvalue weighted by atomic mass is 10.2. The summed E-state index contributed by atoms with van der Waals surface area (Å²) in [5, 5.41) is 3.12. The van der Waals surface area contributed by atoms with Crippen molar-refractivity contribution < 1.29 is 9.53 Å². The molecule has 0 spiro atoms. The minimum absolute atomic E-state index is 0.307. The second kappa shape index (κ2) is 6.47. The Morgan fingerprint density at radius 1 is 1.40 bits per heavy atom. The Balaban J connectivity index is 2.37. The van der Waals surface area contributed by atoms with E-state index in [9.17, 15) is 4.79 Å². The lowest BCUT2D eigenvalue weighted by Gasteiger charge is -2.11. The van der Waals surface area contributed by atoms with Crippen molar-refractivity contribution in [1.29, 1.82) is 0 Å². The van der Waals surface area contributed by atoms with Crippen molar-refractivity contribution in [1.82, 2.24) is 9.97 Å². The van der Waals surface area contributed by atoms with E-state index < -0.39 is 5.97 Å². The molecule has 0 amide bonds. The van der Waals surface area contributed by atoms with Gasteiger partial charge < -0.3 is 10.1 Å². The van der Waals surface area contributed by atoms with Crippen LogP contribution in [0.4, 0.5) is 11.5 Å². The molecule has 104 valence electrons. The van der Waals surface area contributed by atoms with Gasteiger partial charge in [0.1, 0.15) is 17.2 Å². The zero-order chi connectivity index (χ0) is 14.5. The molecule has 0 saturated carbocycles. The van der Waals surface area contributed by atoms with Crippen molar-refractivity contribution in [3.63, 3.8) is 0 Å². The van der Waals surface area contributed by atoms with Crippen LogP contribution < -0.4 is 5.32 Å². The second-order valence-corrected chi connectivity index (χ2v) is 4.86. The summed E-state index contributed by atoms with van der Waals surface area (Å²) < 4.78 is 5.89. The van der Waals surface area contributed by atoms with E-state index in [0.717, 1.165) is 10.2 Å². The Morgan fingerprint density at radius 3 is 2.85 bits per heavy atom. The predicted molar refractivity (Wildman–Crippen MR) is 80.2 cm³/mol. The zero-order valence-corrected chi connectivity index (χ0v) is 12.8. The van der Waals surface area contributed by atoms with Crippen molar-refractivity contribution in [3.8, 4) is 0 Å². The van der Waals surface area contributed by atoms with Crippen molar-refractivity contribution in [2.45, 2.75) is 13.8 Å². The molecule has 0 saturated heterocycles. The van der Waals surface area contributed by atoms with E-state index in [2.05, 4.69) is 31.2 Å². The average Bonchev–Trinajstić information content (AvgIpc) is 2.42. The summed E-state index contributed by atoms with van der Waals surface area (Å²) in [6.45, 7) is 3.83. The fraction of sp³-hybridized carbons (Fsp3) is 0.214. The van der Waals surface area contributed by atoms with E-state index >= 15 is 0 Å². The van der Waals surface area contributed by atoms with Gasteiger partial charge in [-0.2, -0.15) is 0 Å². The number of rotatable bonds is 4. The summed E-state index contributed by atoms with van der Waals surface area (Å²) in [5.41, 5.74) is 1.13. The first-order valence-corrected chi connectivity index (χ1v) is 6.93. The van der Waals surface area contributed by atoms with Gasteiger partial charge in [0.15, 0.2) is 0 Å². The highest BCUT2D eigenvalue weighted by Gasteiger charge is 2.15. The van der Waals surface area contributed by atoms with Gasteiger partial charge in [-0.15, -0.1) is 0 Å². The SMILES string of the molecule is CCOC(=O)c1cnc(C)nc1Nc1ccccc1Br. The molecule has 1 aromatic heterocycles. The van der Waals surface area contributed by atoms with Gasteiger partial charge in [0, 0.05) is 10.7 Å². The maximum atomic E-state index is 11.9. The summed E-state index contributed by atoms with van der Waals surface area (Å²) >= 11 is 3.44. The molecule has 0 bridgehead atoms. The highest BCUT2D eigenvalue weighted by atomic mass is 79.9. The molecule has 20 heavy (non-hydrogen) atoms. The molecule has 0 fully saturated rings. The van der Waals surface area contributed by atoms with E-state index in [4.69, 9.17) is 4.74 Å². The number of esters is 1. The van der Waals surface area contributed by atoms with Gasteiger partial charge in [-0.25, -0.2) is 14.8 Å². The van der Waals surface area contributed by atoms with Crippen LogP contribution in [-0.4, -0.2) is 22.5 Å². The number of anilines is 2. The number of para-hydroxylation sites is 1. The largest absolute Gasteiger partial charge is 0.462 e. The Hall–Kier alpha value is -1.95. The number of ether oxygens (including phenoxy) is 1. The third-order valence-electron chi connectivity index (χ3n) is 2.53. The minimum atomic E-state index is -0.443. The molecule has 0 unspecified atom stereocenters. The topological polar surface area (TPSA) is 64.1 Å². The molecule has 2 aromatic rings. The van der Waals surface area contributed by atoms with Crippen LogP contribution in [0, 0.1) is 6.92 Å². The summed E-state index contributed by atoms with van der Waals surface area (Å²) in [7, 11) is 0. The van der Waals surface area contributed by atoms with Gasteiger partial charge >= 0.3 is 5.97 Å².